The summed E-state index contributed by atoms with van der Waals surface area (Å²) in [6, 6.07) is 0. The van der Waals surface area contributed by atoms with E-state index in [9.17, 15) is 0 Å². The van der Waals surface area contributed by atoms with Gasteiger partial charge in [-0.1, -0.05) is 41.0 Å². The molecule has 0 bridgehead atoms. The first-order valence-electron chi connectivity index (χ1n) is 9.09. The van der Waals surface area contributed by atoms with Gasteiger partial charge in [-0.25, -0.2) is 0 Å². The highest BCUT2D eigenvalue weighted by Gasteiger charge is 2.16. The maximum Gasteiger partial charge on any atom is 0.0487 e. The molecule has 134 valence electrons. The molecular formula is C19H40O3. The van der Waals surface area contributed by atoms with E-state index in [4.69, 9.17) is 14.6 Å². The zero-order chi connectivity index (χ0) is 16.9. The first-order valence-corrected chi connectivity index (χ1v) is 9.09. The zero-order valence-electron chi connectivity index (χ0n) is 15.7. The van der Waals surface area contributed by atoms with Crippen LogP contribution in [-0.4, -0.2) is 38.1 Å². The van der Waals surface area contributed by atoms with Crippen molar-refractivity contribution in [3.8, 4) is 0 Å². The van der Waals surface area contributed by atoms with Crippen LogP contribution < -0.4 is 0 Å². The SMILES string of the molecule is CCC(C)(C)CCCOCCCOCCCC(C)(C)CCO. The van der Waals surface area contributed by atoms with E-state index >= 15 is 0 Å². The molecule has 1 N–H and O–H groups in total. The van der Waals surface area contributed by atoms with Crippen molar-refractivity contribution in [3.63, 3.8) is 0 Å². The normalized spacial score (nSPS) is 12.8. The second kappa shape index (κ2) is 12.3. The van der Waals surface area contributed by atoms with Gasteiger partial charge in [0, 0.05) is 33.0 Å². The van der Waals surface area contributed by atoms with Gasteiger partial charge in [0.2, 0.25) is 0 Å². The minimum atomic E-state index is 0.230. The number of hydrogen-bond acceptors (Lipinski definition) is 3. The molecule has 3 nitrogen and oxygen atoms in total. The molecule has 0 aromatic carbocycles. The quantitative estimate of drug-likeness (QED) is 0.440. The van der Waals surface area contributed by atoms with Crippen LogP contribution in [0, 0.1) is 10.8 Å². The molecule has 0 aliphatic heterocycles. The Labute approximate surface area is 138 Å². The van der Waals surface area contributed by atoms with Crippen LogP contribution in [0.1, 0.15) is 79.6 Å². The maximum atomic E-state index is 8.98. The lowest BCUT2D eigenvalue weighted by molar-refractivity contribution is 0.0723. The molecule has 0 heterocycles. The monoisotopic (exact) mass is 316 g/mol. The van der Waals surface area contributed by atoms with Crippen molar-refractivity contribution in [2.24, 2.45) is 10.8 Å². The minimum absolute atomic E-state index is 0.230. The Hall–Kier alpha value is -0.120. The molecule has 0 rings (SSSR count). The summed E-state index contributed by atoms with van der Waals surface area (Å²) in [5.74, 6) is 0. The van der Waals surface area contributed by atoms with Crippen molar-refractivity contribution in [3.05, 3.63) is 0 Å². The molecule has 0 aliphatic rings. The predicted octanol–water partition coefficient (Wildman–Crippen LogP) is 4.81. The van der Waals surface area contributed by atoms with Crippen LogP contribution in [0.4, 0.5) is 0 Å². The van der Waals surface area contributed by atoms with E-state index in [1.165, 1.54) is 12.8 Å². The van der Waals surface area contributed by atoms with Crippen LogP contribution in [0.2, 0.25) is 0 Å². The van der Waals surface area contributed by atoms with Crippen molar-refractivity contribution in [2.45, 2.75) is 79.6 Å². The number of hydrogen-bond donors (Lipinski definition) is 1. The molecule has 0 amide bonds. The number of rotatable bonds is 15. The Kier molecular flexibility index (Phi) is 12.3. The Morgan fingerprint density at radius 1 is 0.682 bits per heavy atom. The zero-order valence-corrected chi connectivity index (χ0v) is 15.7. The highest BCUT2D eigenvalue weighted by Crippen LogP contribution is 2.26. The number of ether oxygens (including phenoxy) is 2. The van der Waals surface area contributed by atoms with Crippen molar-refractivity contribution < 1.29 is 14.6 Å². The molecule has 22 heavy (non-hydrogen) atoms. The molecule has 0 aromatic rings. The van der Waals surface area contributed by atoms with Gasteiger partial charge < -0.3 is 14.6 Å². The molecule has 0 spiro atoms. The van der Waals surface area contributed by atoms with Crippen LogP contribution in [0.3, 0.4) is 0 Å². The summed E-state index contributed by atoms with van der Waals surface area (Å²) in [7, 11) is 0. The molecule has 0 radical (unpaired) electrons. The van der Waals surface area contributed by atoms with Gasteiger partial charge in [0.1, 0.15) is 0 Å². The fourth-order valence-corrected chi connectivity index (χ4v) is 2.38. The smallest absolute Gasteiger partial charge is 0.0487 e. The summed E-state index contributed by atoms with van der Waals surface area (Å²) in [5.41, 5.74) is 0.684. The van der Waals surface area contributed by atoms with Crippen LogP contribution >= 0.6 is 0 Å². The summed E-state index contributed by atoms with van der Waals surface area (Å²) in [4.78, 5) is 0. The molecule has 0 unspecified atom stereocenters. The second-order valence-corrected chi connectivity index (χ2v) is 7.94. The Morgan fingerprint density at radius 3 is 1.59 bits per heavy atom. The number of aliphatic hydroxyl groups excluding tert-OH is 1. The Morgan fingerprint density at radius 2 is 1.14 bits per heavy atom. The van der Waals surface area contributed by atoms with Gasteiger partial charge in [0.15, 0.2) is 0 Å². The van der Waals surface area contributed by atoms with E-state index in [0.29, 0.717) is 5.41 Å². The largest absolute Gasteiger partial charge is 0.396 e. The average Bonchev–Trinajstić information content (AvgIpc) is 2.44. The first kappa shape index (κ1) is 21.9. The standard InChI is InChI=1S/C19H40O3/c1-6-18(2,3)10-7-14-21-16-9-17-22-15-8-11-19(4,5)12-13-20/h20H,6-17H2,1-5H3. The molecule has 0 fully saturated rings. The van der Waals surface area contributed by atoms with Gasteiger partial charge in [-0.2, -0.15) is 0 Å². The average molecular weight is 317 g/mol. The maximum absolute atomic E-state index is 8.98. The Balaban J connectivity index is 3.28. The predicted molar refractivity (Wildman–Crippen MR) is 94.3 cm³/mol. The summed E-state index contributed by atoms with van der Waals surface area (Å²) in [6.07, 6.45) is 7.66. The van der Waals surface area contributed by atoms with E-state index in [2.05, 4.69) is 34.6 Å². The van der Waals surface area contributed by atoms with Gasteiger partial charge in [0.05, 0.1) is 0 Å². The fourth-order valence-electron chi connectivity index (χ4n) is 2.38. The topological polar surface area (TPSA) is 38.7 Å². The molecule has 3 heteroatoms. The van der Waals surface area contributed by atoms with E-state index in [0.717, 1.165) is 58.5 Å². The van der Waals surface area contributed by atoms with Crippen molar-refractivity contribution in [1.82, 2.24) is 0 Å². The molecule has 0 aromatic heterocycles. The molecule has 0 saturated carbocycles. The molecule has 0 aliphatic carbocycles. The van der Waals surface area contributed by atoms with Crippen molar-refractivity contribution in [2.75, 3.05) is 33.0 Å². The van der Waals surface area contributed by atoms with Gasteiger partial charge in [0.25, 0.3) is 0 Å². The lowest BCUT2D eigenvalue weighted by Gasteiger charge is -2.23. The summed E-state index contributed by atoms with van der Waals surface area (Å²) < 4.78 is 11.3. The van der Waals surface area contributed by atoms with Gasteiger partial charge in [-0.3, -0.25) is 0 Å². The highest BCUT2D eigenvalue weighted by atomic mass is 16.5. The molecule has 0 atom stereocenters. The van der Waals surface area contributed by atoms with Crippen LogP contribution in [0.5, 0.6) is 0 Å². The summed E-state index contributed by atoms with van der Waals surface area (Å²) in [6.45, 7) is 14.9. The fraction of sp³-hybridized carbons (Fsp3) is 1.00. The summed E-state index contributed by atoms with van der Waals surface area (Å²) >= 11 is 0. The molecule has 0 saturated heterocycles. The van der Waals surface area contributed by atoms with Crippen molar-refractivity contribution >= 4 is 0 Å². The van der Waals surface area contributed by atoms with Gasteiger partial charge in [-0.05, 0) is 49.4 Å². The van der Waals surface area contributed by atoms with E-state index < -0.39 is 0 Å². The van der Waals surface area contributed by atoms with Gasteiger partial charge in [-0.15, -0.1) is 0 Å². The highest BCUT2D eigenvalue weighted by molar-refractivity contribution is 4.67. The minimum Gasteiger partial charge on any atom is -0.396 e. The third kappa shape index (κ3) is 13.5. The lowest BCUT2D eigenvalue weighted by atomic mass is 9.85. The van der Waals surface area contributed by atoms with Gasteiger partial charge >= 0.3 is 0 Å². The van der Waals surface area contributed by atoms with Crippen LogP contribution in [-0.2, 0) is 9.47 Å². The third-order valence-corrected chi connectivity index (χ3v) is 4.61. The van der Waals surface area contributed by atoms with Crippen molar-refractivity contribution in [1.29, 1.82) is 0 Å². The van der Waals surface area contributed by atoms with E-state index in [1.807, 2.05) is 0 Å². The van der Waals surface area contributed by atoms with Crippen LogP contribution in [0.15, 0.2) is 0 Å². The van der Waals surface area contributed by atoms with E-state index in [-0.39, 0.29) is 12.0 Å². The second-order valence-electron chi connectivity index (χ2n) is 7.94. The number of aliphatic hydroxyl groups is 1. The third-order valence-electron chi connectivity index (χ3n) is 4.61. The van der Waals surface area contributed by atoms with Crippen LogP contribution in [0.25, 0.3) is 0 Å². The lowest BCUT2D eigenvalue weighted by Crippen LogP contribution is -2.14. The van der Waals surface area contributed by atoms with E-state index in [1.54, 1.807) is 0 Å². The molecular weight excluding hydrogens is 276 g/mol. The Bertz CT molecular complexity index is 249. The first-order chi connectivity index (χ1) is 10.3. The summed E-state index contributed by atoms with van der Waals surface area (Å²) in [5, 5.41) is 8.98.